The van der Waals surface area contributed by atoms with Crippen LogP contribution < -0.4 is 20.3 Å². The van der Waals surface area contributed by atoms with Crippen molar-refractivity contribution in [3.05, 3.63) is 88.9 Å². The minimum Gasteiger partial charge on any atom is -0.351 e. The fraction of sp³-hybridized carbons (Fsp3) is 0.276. The van der Waals surface area contributed by atoms with E-state index in [1.807, 2.05) is 0 Å². The minimum absolute atomic E-state index is 0.00131. The lowest BCUT2D eigenvalue weighted by molar-refractivity contribution is -0.133. The number of nitrogens with one attached hydrogen (secondary N) is 1. The highest BCUT2D eigenvalue weighted by Gasteiger charge is 2.48. The van der Waals surface area contributed by atoms with Crippen molar-refractivity contribution >= 4 is 56.5 Å². The standard InChI is InChI=1S/C29H25ClF2N6O5S/c1-34-17-11-12-35-24(13-17)38-23(9-10-25(38)39)28(41)37(19-5-4-6-20(14-19)44(33,42)43)26(21-7-2-3-8-22(21)30)27(40)36-18-15-29(31,32)16-18/h2-8,11-14,18,23,26H,9-10,15-16H2,(H,36,40)(H2,33,42,43)/t23-,26?/m0/s1. The summed E-state index contributed by atoms with van der Waals surface area (Å²) in [5.41, 5.74) is 0.211. The number of benzene rings is 2. The molecule has 2 fully saturated rings. The van der Waals surface area contributed by atoms with Crippen LogP contribution >= 0.6 is 11.6 Å². The maximum Gasteiger partial charge on any atom is 0.252 e. The smallest absolute Gasteiger partial charge is 0.252 e. The maximum atomic E-state index is 14.6. The molecule has 11 nitrogen and oxygen atoms in total. The van der Waals surface area contributed by atoms with Gasteiger partial charge in [-0.3, -0.25) is 24.2 Å². The molecular formula is C29H25ClF2N6O5S. The van der Waals surface area contributed by atoms with Crippen molar-refractivity contribution in [1.29, 1.82) is 0 Å². The van der Waals surface area contributed by atoms with E-state index in [9.17, 15) is 31.6 Å². The van der Waals surface area contributed by atoms with Crippen molar-refractivity contribution in [2.75, 3.05) is 9.80 Å². The summed E-state index contributed by atoms with van der Waals surface area (Å²) in [7, 11) is -4.27. The maximum absolute atomic E-state index is 14.6. The molecule has 2 aliphatic rings. The number of hydrogen-bond acceptors (Lipinski definition) is 6. The number of sulfonamides is 1. The first-order valence-corrected chi connectivity index (χ1v) is 15.3. The summed E-state index contributed by atoms with van der Waals surface area (Å²) in [4.78, 5) is 50.9. The first-order chi connectivity index (χ1) is 20.8. The van der Waals surface area contributed by atoms with E-state index >= 15 is 0 Å². The summed E-state index contributed by atoms with van der Waals surface area (Å²) < 4.78 is 51.9. The van der Waals surface area contributed by atoms with Crippen LogP contribution in [0.5, 0.6) is 0 Å². The van der Waals surface area contributed by atoms with Crippen LogP contribution in [-0.2, 0) is 24.4 Å². The number of anilines is 2. The van der Waals surface area contributed by atoms with Crippen molar-refractivity contribution in [2.24, 2.45) is 5.14 Å². The molecule has 228 valence electrons. The fourth-order valence-electron chi connectivity index (χ4n) is 5.33. The van der Waals surface area contributed by atoms with E-state index in [1.165, 1.54) is 48.7 Å². The Bertz CT molecular complexity index is 1790. The summed E-state index contributed by atoms with van der Waals surface area (Å²) >= 11 is 6.52. The topological polar surface area (TPSA) is 147 Å². The highest BCUT2D eigenvalue weighted by Crippen LogP contribution is 2.40. The Morgan fingerprint density at radius 1 is 1.16 bits per heavy atom. The lowest BCUT2D eigenvalue weighted by Gasteiger charge is -2.39. The number of nitrogens with zero attached hydrogens (tertiary/aromatic N) is 4. The van der Waals surface area contributed by atoms with Crippen LogP contribution in [-0.4, -0.2) is 49.1 Å². The molecule has 15 heteroatoms. The number of halogens is 3. The Balaban J connectivity index is 1.66. The van der Waals surface area contributed by atoms with E-state index in [0.717, 1.165) is 15.9 Å². The molecule has 2 heterocycles. The third-order valence-electron chi connectivity index (χ3n) is 7.41. The molecule has 1 saturated carbocycles. The molecule has 3 aromatic rings. The second kappa shape index (κ2) is 11.9. The number of carbonyl (C=O) groups excluding carboxylic acids is 3. The number of pyridine rings is 1. The number of aromatic nitrogens is 1. The number of carbonyl (C=O) groups is 3. The Morgan fingerprint density at radius 2 is 1.89 bits per heavy atom. The number of rotatable bonds is 8. The quantitative estimate of drug-likeness (QED) is 0.354. The SMILES string of the molecule is [C-]#[N+]c1ccnc(N2C(=O)CC[C@H]2C(=O)N(c2cccc(S(N)(=O)=O)c2)C(C(=O)NC2CC(F)(F)C2)c2ccccc2Cl)c1. The lowest BCUT2D eigenvalue weighted by Crippen LogP contribution is -2.56. The molecule has 1 saturated heterocycles. The Labute approximate surface area is 256 Å². The van der Waals surface area contributed by atoms with Gasteiger partial charge in [0, 0.05) is 47.8 Å². The normalized spacial score (nSPS) is 18.7. The number of nitrogens with two attached hydrogens (primary N) is 1. The van der Waals surface area contributed by atoms with Crippen LogP contribution in [0.2, 0.25) is 5.02 Å². The number of primary sulfonamides is 1. The number of alkyl halides is 2. The van der Waals surface area contributed by atoms with E-state index in [1.54, 1.807) is 12.1 Å². The number of hydrogen-bond donors (Lipinski definition) is 2. The molecule has 5 rings (SSSR count). The average Bonchev–Trinajstić information content (AvgIpc) is 3.36. The van der Waals surface area contributed by atoms with Crippen molar-refractivity contribution in [1.82, 2.24) is 10.3 Å². The highest BCUT2D eigenvalue weighted by molar-refractivity contribution is 7.89. The van der Waals surface area contributed by atoms with E-state index in [0.29, 0.717) is 0 Å². The van der Waals surface area contributed by atoms with Crippen molar-refractivity contribution in [3.63, 3.8) is 0 Å². The van der Waals surface area contributed by atoms with Crippen LogP contribution in [0, 0.1) is 6.57 Å². The minimum atomic E-state index is -4.27. The van der Waals surface area contributed by atoms with Gasteiger partial charge >= 0.3 is 0 Å². The summed E-state index contributed by atoms with van der Waals surface area (Å²) in [6.07, 6.45) is 0.0510. The first-order valence-electron chi connectivity index (χ1n) is 13.3. The van der Waals surface area contributed by atoms with Gasteiger partial charge in [-0.25, -0.2) is 32.2 Å². The molecule has 1 unspecified atom stereocenters. The molecule has 1 aromatic heterocycles. The Hall–Kier alpha value is -4.45. The third kappa shape index (κ3) is 6.26. The van der Waals surface area contributed by atoms with Gasteiger partial charge in [0.1, 0.15) is 17.9 Å². The van der Waals surface area contributed by atoms with Gasteiger partial charge in [-0.05, 0) is 42.8 Å². The average molecular weight is 643 g/mol. The summed E-state index contributed by atoms with van der Waals surface area (Å²) in [6, 6.07) is 10.2. The molecule has 0 bridgehead atoms. The number of amides is 3. The second-order valence-corrected chi connectivity index (χ2v) is 12.4. The Kier molecular flexibility index (Phi) is 8.39. The van der Waals surface area contributed by atoms with E-state index in [2.05, 4.69) is 15.1 Å². The van der Waals surface area contributed by atoms with Gasteiger partial charge in [0.15, 0.2) is 5.69 Å². The van der Waals surface area contributed by atoms with Crippen LogP contribution in [0.1, 0.15) is 37.3 Å². The van der Waals surface area contributed by atoms with Gasteiger partial charge in [0.2, 0.25) is 21.8 Å². The molecule has 1 aliphatic carbocycles. The van der Waals surface area contributed by atoms with Crippen molar-refractivity contribution in [3.8, 4) is 0 Å². The molecule has 0 radical (unpaired) electrons. The predicted octanol–water partition coefficient (Wildman–Crippen LogP) is 4.12. The van der Waals surface area contributed by atoms with Crippen molar-refractivity contribution in [2.45, 2.75) is 54.6 Å². The van der Waals surface area contributed by atoms with Gasteiger partial charge in [0.05, 0.1) is 11.5 Å². The molecule has 44 heavy (non-hydrogen) atoms. The van der Waals surface area contributed by atoms with Gasteiger partial charge in [-0.1, -0.05) is 35.9 Å². The van der Waals surface area contributed by atoms with Crippen molar-refractivity contribution < 1.29 is 31.6 Å². The Morgan fingerprint density at radius 3 is 2.55 bits per heavy atom. The van der Waals surface area contributed by atoms with Crippen LogP contribution in [0.3, 0.4) is 0 Å². The molecular weight excluding hydrogens is 618 g/mol. The predicted molar refractivity (Wildman–Crippen MR) is 157 cm³/mol. The van der Waals surface area contributed by atoms with Crippen LogP contribution in [0.25, 0.3) is 4.85 Å². The first kappa shape index (κ1) is 31.0. The molecule has 1 aliphatic heterocycles. The summed E-state index contributed by atoms with van der Waals surface area (Å²) in [6.45, 7) is 7.32. The summed E-state index contributed by atoms with van der Waals surface area (Å²) in [5, 5.41) is 8.00. The van der Waals surface area contributed by atoms with Gasteiger partial charge in [0.25, 0.3) is 11.8 Å². The fourth-order valence-corrected chi connectivity index (χ4v) is 6.12. The second-order valence-electron chi connectivity index (χ2n) is 10.4. The molecule has 3 N–H and O–H groups in total. The van der Waals surface area contributed by atoms with E-state index in [-0.39, 0.29) is 45.5 Å². The van der Waals surface area contributed by atoms with Gasteiger partial charge in [-0.2, -0.15) is 0 Å². The third-order valence-corrected chi connectivity index (χ3v) is 8.66. The largest absolute Gasteiger partial charge is 0.351 e. The van der Waals surface area contributed by atoms with E-state index in [4.69, 9.17) is 23.3 Å². The zero-order chi connectivity index (χ0) is 31.8. The zero-order valence-corrected chi connectivity index (χ0v) is 24.4. The molecule has 2 aromatic carbocycles. The lowest BCUT2D eigenvalue weighted by atomic mass is 9.87. The summed E-state index contributed by atoms with van der Waals surface area (Å²) in [5.74, 6) is -5.04. The monoisotopic (exact) mass is 642 g/mol. The van der Waals surface area contributed by atoms with Gasteiger partial charge in [-0.15, -0.1) is 0 Å². The van der Waals surface area contributed by atoms with Crippen LogP contribution in [0.15, 0.2) is 71.8 Å². The molecule has 2 atom stereocenters. The van der Waals surface area contributed by atoms with Crippen LogP contribution in [0.4, 0.5) is 26.0 Å². The highest BCUT2D eigenvalue weighted by atomic mass is 35.5. The molecule has 0 spiro atoms. The molecule has 3 amide bonds. The zero-order valence-electron chi connectivity index (χ0n) is 22.9. The van der Waals surface area contributed by atoms with E-state index < -0.39 is 64.6 Å². The van der Waals surface area contributed by atoms with Gasteiger partial charge < -0.3 is 5.32 Å².